The molecule has 3 nitrogen and oxygen atoms in total. The van der Waals surface area contributed by atoms with E-state index in [0.29, 0.717) is 6.42 Å². The third-order valence-corrected chi connectivity index (χ3v) is 2.55. The van der Waals surface area contributed by atoms with Gasteiger partial charge in [-0.15, -0.1) is 0 Å². The lowest BCUT2D eigenvalue weighted by molar-refractivity contribution is 0.0990. The standard InChI is InChI=1S/C10H9BrN2O/c1-2-9(14)8-5-13-10-7(8)3-6(11)4-12-10/h3-5H,2H2,1H3,(H,12,13). The zero-order valence-electron chi connectivity index (χ0n) is 7.67. The van der Waals surface area contributed by atoms with Gasteiger partial charge in [0.25, 0.3) is 0 Å². The maximum atomic E-state index is 11.5. The number of hydrogen-bond donors (Lipinski definition) is 1. The zero-order chi connectivity index (χ0) is 10.1. The van der Waals surface area contributed by atoms with Crippen molar-refractivity contribution in [2.75, 3.05) is 0 Å². The van der Waals surface area contributed by atoms with Gasteiger partial charge in [-0.1, -0.05) is 6.92 Å². The summed E-state index contributed by atoms with van der Waals surface area (Å²) in [7, 11) is 0. The first-order chi connectivity index (χ1) is 6.72. The minimum atomic E-state index is 0.135. The molecule has 4 heteroatoms. The summed E-state index contributed by atoms with van der Waals surface area (Å²) in [5.41, 5.74) is 1.47. The van der Waals surface area contributed by atoms with E-state index in [4.69, 9.17) is 0 Å². The highest BCUT2D eigenvalue weighted by Crippen LogP contribution is 2.21. The van der Waals surface area contributed by atoms with Gasteiger partial charge in [0, 0.05) is 34.2 Å². The highest BCUT2D eigenvalue weighted by atomic mass is 79.9. The molecule has 72 valence electrons. The van der Waals surface area contributed by atoms with Crippen molar-refractivity contribution in [3.8, 4) is 0 Å². The van der Waals surface area contributed by atoms with E-state index in [2.05, 4.69) is 25.9 Å². The van der Waals surface area contributed by atoms with Crippen molar-refractivity contribution in [3.63, 3.8) is 0 Å². The van der Waals surface area contributed by atoms with Crippen molar-refractivity contribution in [1.82, 2.24) is 9.97 Å². The number of nitrogens with zero attached hydrogens (tertiary/aromatic N) is 1. The molecule has 0 amide bonds. The van der Waals surface area contributed by atoms with E-state index in [0.717, 1.165) is 21.1 Å². The molecular weight excluding hydrogens is 244 g/mol. The number of aromatic nitrogens is 2. The molecule has 0 radical (unpaired) electrons. The third-order valence-electron chi connectivity index (χ3n) is 2.12. The van der Waals surface area contributed by atoms with Gasteiger partial charge < -0.3 is 4.98 Å². The van der Waals surface area contributed by atoms with E-state index < -0.39 is 0 Å². The van der Waals surface area contributed by atoms with Crippen molar-refractivity contribution in [1.29, 1.82) is 0 Å². The molecule has 0 fully saturated rings. The number of H-pyrrole nitrogens is 1. The largest absolute Gasteiger partial charge is 0.345 e. The second-order valence-corrected chi connectivity index (χ2v) is 3.94. The first kappa shape index (κ1) is 9.40. The molecule has 2 aromatic heterocycles. The third kappa shape index (κ3) is 1.46. The monoisotopic (exact) mass is 252 g/mol. The first-order valence-corrected chi connectivity index (χ1v) is 5.17. The Hall–Kier alpha value is -1.16. The summed E-state index contributed by atoms with van der Waals surface area (Å²) in [6.45, 7) is 1.85. The van der Waals surface area contributed by atoms with Crippen LogP contribution in [0.2, 0.25) is 0 Å². The van der Waals surface area contributed by atoms with Crippen LogP contribution in [0.3, 0.4) is 0 Å². The number of fused-ring (bicyclic) bond motifs is 1. The quantitative estimate of drug-likeness (QED) is 0.836. The first-order valence-electron chi connectivity index (χ1n) is 4.38. The fraction of sp³-hybridized carbons (Fsp3) is 0.200. The van der Waals surface area contributed by atoms with E-state index >= 15 is 0 Å². The molecule has 0 spiro atoms. The van der Waals surface area contributed by atoms with Crippen LogP contribution in [0, 0.1) is 0 Å². The Kier molecular flexibility index (Phi) is 2.37. The summed E-state index contributed by atoms with van der Waals surface area (Å²) in [6, 6.07) is 1.90. The molecular formula is C10H9BrN2O. The summed E-state index contributed by atoms with van der Waals surface area (Å²) in [5, 5.41) is 0.881. The Labute approximate surface area is 89.7 Å². The summed E-state index contributed by atoms with van der Waals surface area (Å²) in [4.78, 5) is 18.7. The number of halogens is 1. The summed E-state index contributed by atoms with van der Waals surface area (Å²) < 4.78 is 0.884. The molecule has 0 unspecified atom stereocenters. The number of Topliss-reactive ketones (excluding diaryl/α,β-unsaturated/α-hetero) is 1. The van der Waals surface area contributed by atoms with Gasteiger partial charge in [0.15, 0.2) is 5.78 Å². The summed E-state index contributed by atoms with van der Waals surface area (Å²) in [5.74, 6) is 0.135. The van der Waals surface area contributed by atoms with Crippen molar-refractivity contribution >= 4 is 32.7 Å². The molecule has 2 aromatic rings. The van der Waals surface area contributed by atoms with Gasteiger partial charge in [-0.2, -0.15) is 0 Å². The molecule has 0 bridgehead atoms. The van der Waals surface area contributed by atoms with Crippen LogP contribution in [0.5, 0.6) is 0 Å². The fourth-order valence-electron chi connectivity index (χ4n) is 1.40. The van der Waals surface area contributed by atoms with Crippen LogP contribution >= 0.6 is 15.9 Å². The minimum absolute atomic E-state index is 0.135. The Morgan fingerprint density at radius 3 is 3.14 bits per heavy atom. The van der Waals surface area contributed by atoms with Crippen LogP contribution in [-0.4, -0.2) is 15.8 Å². The predicted octanol–water partition coefficient (Wildman–Crippen LogP) is 2.92. The van der Waals surface area contributed by atoms with E-state index in [9.17, 15) is 4.79 Å². The van der Waals surface area contributed by atoms with Gasteiger partial charge in [0.2, 0.25) is 0 Å². The van der Waals surface area contributed by atoms with Crippen LogP contribution in [0.15, 0.2) is 22.9 Å². The molecule has 0 aromatic carbocycles. The molecule has 0 aliphatic carbocycles. The van der Waals surface area contributed by atoms with Crippen molar-refractivity contribution in [3.05, 3.63) is 28.5 Å². The van der Waals surface area contributed by atoms with Crippen LogP contribution in [0.25, 0.3) is 11.0 Å². The fourth-order valence-corrected chi connectivity index (χ4v) is 1.73. The molecule has 1 N–H and O–H groups in total. The van der Waals surface area contributed by atoms with Crippen LogP contribution < -0.4 is 0 Å². The molecule has 0 aliphatic heterocycles. The Bertz CT molecular complexity index is 490. The molecule has 2 rings (SSSR count). The average molecular weight is 253 g/mol. The molecule has 0 atom stereocenters. The van der Waals surface area contributed by atoms with Crippen LogP contribution in [-0.2, 0) is 0 Å². The number of carbonyl (C=O) groups excluding carboxylic acids is 1. The van der Waals surface area contributed by atoms with Gasteiger partial charge in [-0.3, -0.25) is 4.79 Å². The Morgan fingerprint density at radius 2 is 2.43 bits per heavy atom. The number of nitrogens with one attached hydrogen (secondary N) is 1. The molecule has 0 saturated heterocycles. The van der Waals surface area contributed by atoms with Gasteiger partial charge in [-0.05, 0) is 22.0 Å². The average Bonchev–Trinajstić information content (AvgIpc) is 2.59. The number of carbonyl (C=O) groups is 1. The molecule has 2 heterocycles. The number of ketones is 1. The molecule has 0 aliphatic rings. The van der Waals surface area contributed by atoms with Gasteiger partial charge in [0.1, 0.15) is 5.65 Å². The number of aromatic amines is 1. The lowest BCUT2D eigenvalue weighted by Crippen LogP contribution is -1.94. The maximum absolute atomic E-state index is 11.5. The smallest absolute Gasteiger partial charge is 0.164 e. The van der Waals surface area contributed by atoms with Crippen molar-refractivity contribution in [2.45, 2.75) is 13.3 Å². The number of pyridine rings is 1. The highest BCUT2D eigenvalue weighted by molar-refractivity contribution is 9.10. The Balaban J connectivity index is 2.67. The van der Waals surface area contributed by atoms with E-state index in [1.165, 1.54) is 0 Å². The van der Waals surface area contributed by atoms with Gasteiger partial charge in [-0.25, -0.2) is 4.98 Å². The highest BCUT2D eigenvalue weighted by Gasteiger charge is 2.10. The van der Waals surface area contributed by atoms with Crippen molar-refractivity contribution in [2.24, 2.45) is 0 Å². The maximum Gasteiger partial charge on any atom is 0.164 e. The topological polar surface area (TPSA) is 45.8 Å². The SMILES string of the molecule is CCC(=O)c1c[nH]c2ncc(Br)cc12. The number of hydrogen-bond acceptors (Lipinski definition) is 2. The Morgan fingerprint density at radius 1 is 1.64 bits per heavy atom. The van der Waals surface area contributed by atoms with Crippen molar-refractivity contribution < 1.29 is 4.79 Å². The van der Waals surface area contributed by atoms with Gasteiger partial charge >= 0.3 is 0 Å². The van der Waals surface area contributed by atoms with E-state index in [1.807, 2.05) is 13.0 Å². The second-order valence-electron chi connectivity index (χ2n) is 3.03. The minimum Gasteiger partial charge on any atom is -0.345 e. The van der Waals surface area contributed by atoms with Crippen LogP contribution in [0.4, 0.5) is 0 Å². The molecule has 0 saturated carbocycles. The van der Waals surface area contributed by atoms with Crippen LogP contribution in [0.1, 0.15) is 23.7 Å². The zero-order valence-corrected chi connectivity index (χ0v) is 9.26. The lowest BCUT2D eigenvalue weighted by Gasteiger charge is -1.95. The van der Waals surface area contributed by atoms with E-state index in [-0.39, 0.29) is 5.78 Å². The number of rotatable bonds is 2. The molecule has 14 heavy (non-hydrogen) atoms. The van der Waals surface area contributed by atoms with E-state index in [1.54, 1.807) is 12.4 Å². The lowest BCUT2D eigenvalue weighted by atomic mass is 10.1. The second kappa shape index (κ2) is 3.53. The normalized spacial score (nSPS) is 10.7. The summed E-state index contributed by atoms with van der Waals surface area (Å²) in [6.07, 6.45) is 3.94. The summed E-state index contributed by atoms with van der Waals surface area (Å²) >= 11 is 3.33. The van der Waals surface area contributed by atoms with Gasteiger partial charge in [0.05, 0.1) is 0 Å². The predicted molar refractivity (Wildman–Crippen MR) is 58.4 cm³/mol.